The minimum Gasteiger partial charge on any atom is -0.469 e. The number of rotatable bonds is 49. The maximum Gasteiger partial charge on any atom is 0.307 e. The Labute approximate surface area is 471 Å². The van der Waals surface area contributed by atoms with E-state index < -0.39 is 29.4 Å². The largest absolute Gasteiger partial charge is 0.469 e. The van der Waals surface area contributed by atoms with Crippen LogP contribution < -0.4 is 16.1 Å². The van der Waals surface area contributed by atoms with Gasteiger partial charge < -0.3 is 76.9 Å². The van der Waals surface area contributed by atoms with Gasteiger partial charge in [0.15, 0.2) is 0 Å². The van der Waals surface area contributed by atoms with E-state index in [4.69, 9.17) is 52.1 Å². The Balaban J connectivity index is 1.13. The van der Waals surface area contributed by atoms with Crippen molar-refractivity contribution in [3.05, 3.63) is 70.8 Å². The lowest BCUT2D eigenvalue weighted by Crippen LogP contribution is -2.59. The molecule has 3 rings (SSSR count). The number of benzene rings is 2. The van der Waals surface area contributed by atoms with Gasteiger partial charge in [-0.3, -0.25) is 43.3 Å². The van der Waals surface area contributed by atoms with Crippen LogP contribution in [0.1, 0.15) is 68.7 Å². The molecular weight excluding hydrogens is 1070 g/mol. The molecule has 0 aliphatic carbocycles. The van der Waals surface area contributed by atoms with E-state index in [0.29, 0.717) is 88.3 Å². The zero-order valence-corrected chi connectivity index (χ0v) is 46.6. The van der Waals surface area contributed by atoms with Gasteiger partial charge in [-0.2, -0.15) is 5.10 Å². The van der Waals surface area contributed by atoms with E-state index in [2.05, 4.69) is 35.4 Å². The van der Waals surface area contributed by atoms with Gasteiger partial charge in [0.05, 0.1) is 216 Å². The number of esters is 3. The number of hydrogen-bond donors (Lipinski definition) is 3. The van der Waals surface area contributed by atoms with Crippen molar-refractivity contribution in [3.63, 3.8) is 0 Å². The standard InChI is InChI=1S/C54H79N5O22/c1-68-48(62)14-21-79-39-54(40-80-22-15-49(63)69-2,41-81-23-16-50(64)70-3)57-46(60)12-19-71-26-30-75-34-36-77-32-28-73-24-17-55-51(65)43-10-8-42(9-11-43)38-56-58-47(61)13-20-72-27-31-76-35-37-78-33-29-74-25-18-59-52(66)44-6-4-5-7-45(44)53(59)67/h4-11,38H,12-37,39-41H2,1-3H3,(H,55,65)(H,57,60)(H,58,61)/b56-38+. The number of hydrazone groups is 1. The summed E-state index contributed by atoms with van der Waals surface area (Å²) in [5.41, 5.74) is 3.11. The van der Waals surface area contributed by atoms with Crippen molar-refractivity contribution in [2.75, 3.05) is 180 Å². The number of carbonyl (C=O) groups is 8. The second kappa shape index (κ2) is 43.4. The first kappa shape index (κ1) is 68.9. The number of methoxy groups -OCH3 is 3. The number of carbonyl (C=O) groups excluding carboxylic acids is 8. The third-order valence-electron chi connectivity index (χ3n) is 11.2. The highest BCUT2D eigenvalue weighted by Crippen LogP contribution is 2.22. The van der Waals surface area contributed by atoms with Gasteiger partial charge in [-0.1, -0.05) is 24.3 Å². The lowest BCUT2D eigenvalue weighted by molar-refractivity contribution is -0.143. The lowest BCUT2D eigenvalue weighted by atomic mass is 10.0. The Bertz CT molecular complexity index is 2110. The van der Waals surface area contributed by atoms with Crippen LogP contribution >= 0.6 is 0 Å². The minimum atomic E-state index is -1.26. The zero-order chi connectivity index (χ0) is 58.6. The topological polar surface area (TPSA) is 317 Å². The Morgan fingerprint density at radius 2 is 0.852 bits per heavy atom. The Kier molecular flexibility index (Phi) is 36.9. The van der Waals surface area contributed by atoms with Crippen molar-refractivity contribution in [2.45, 2.75) is 37.6 Å². The highest BCUT2D eigenvalue weighted by molar-refractivity contribution is 6.21. The molecule has 0 saturated heterocycles. The van der Waals surface area contributed by atoms with Gasteiger partial charge in [-0.05, 0) is 29.8 Å². The Morgan fingerprint density at radius 1 is 0.469 bits per heavy atom. The number of hydrogen-bond acceptors (Lipinski definition) is 23. The maximum atomic E-state index is 13.1. The number of amides is 5. The van der Waals surface area contributed by atoms with E-state index in [1.807, 2.05) is 0 Å². The maximum absolute atomic E-state index is 13.1. The average molecular weight is 1150 g/mol. The molecule has 0 spiro atoms. The summed E-state index contributed by atoms with van der Waals surface area (Å²) in [5.74, 6) is -3.10. The van der Waals surface area contributed by atoms with Crippen LogP contribution in [-0.2, 0) is 90.3 Å². The number of ether oxygens (including phenoxy) is 14. The van der Waals surface area contributed by atoms with E-state index in [0.717, 1.165) is 0 Å². The summed E-state index contributed by atoms with van der Waals surface area (Å²) >= 11 is 0. The predicted molar refractivity (Wildman–Crippen MR) is 285 cm³/mol. The molecule has 0 atom stereocenters. The predicted octanol–water partition coefficient (Wildman–Crippen LogP) is 0.670. The molecule has 1 aliphatic rings. The molecule has 3 N–H and O–H groups in total. The quantitative estimate of drug-likeness (QED) is 0.0205. The van der Waals surface area contributed by atoms with E-state index in [9.17, 15) is 38.4 Å². The average Bonchev–Trinajstić information content (AvgIpc) is 3.75. The van der Waals surface area contributed by atoms with Gasteiger partial charge in [0.2, 0.25) is 11.8 Å². The van der Waals surface area contributed by atoms with Gasteiger partial charge in [0.1, 0.15) is 5.54 Å². The second-order valence-electron chi connectivity index (χ2n) is 17.3. The summed E-state index contributed by atoms with van der Waals surface area (Å²) < 4.78 is 75.1. The van der Waals surface area contributed by atoms with Crippen LogP contribution in [0.25, 0.3) is 0 Å². The number of nitrogens with zero attached hydrogens (tertiary/aromatic N) is 2. The fourth-order valence-electron chi connectivity index (χ4n) is 6.91. The summed E-state index contributed by atoms with van der Waals surface area (Å²) in [4.78, 5) is 98.6. The fraction of sp³-hybridized carbons (Fsp3) is 0.611. The number of nitrogens with one attached hydrogen (secondary N) is 3. The number of fused-ring (bicyclic) bond motifs is 1. The zero-order valence-electron chi connectivity index (χ0n) is 46.6. The minimum absolute atomic E-state index is 0.0145. The third-order valence-corrected chi connectivity index (χ3v) is 11.2. The van der Waals surface area contributed by atoms with E-state index in [1.54, 1.807) is 48.5 Å². The van der Waals surface area contributed by atoms with Gasteiger partial charge in [-0.25, -0.2) is 5.43 Å². The molecule has 0 saturated carbocycles. The van der Waals surface area contributed by atoms with E-state index in [1.165, 1.54) is 32.4 Å². The molecule has 452 valence electrons. The van der Waals surface area contributed by atoms with Gasteiger partial charge >= 0.3 is 17.9 Å². The van der Waals surface area contributed by atoms with Crippen LogP contribution in [0.5, 0.6) is 0 Å². The summed E-state index contributed by atoms with van der Waals surface area (Å²) in [5, 5.41) is 9.62. The molecule has 2 aromatic rings. The highest BCUT2D eigenvalue weighted by atomic mass is 16.6. The van der Waals surface area contributed by atoms with E-state index in [-0.39, 0.29) is 148 Å². The smallest absolute Gasteiger partial charge is 0.307 e. The summed E-state index contributed by atoms with van der Waals surface area (Å²) in [7, 11) is 3.76. The molecule has 5 amide bonds. The monoisotopic (exact) mass is 1150 g/mol. The Hall–Kier alpha value is -6.37. The van der Waals surface area contributed by atoms with Gasteiger partial charge in [0, 0.05) is 18.5 Å². The molecule has 0 aromatic heterocycles. The van der Waals surface area contributed by atoms with Crippen LogP contribution in [0.3, 0.4) is 0 Å². The molecule has 27 heteroatoms. The fourth-order valence-corrected chi connectivity index (χ4v) is 6.91. The van der Waals surface area contributed by atoms with Gasteiger partial charge in [0.25, 0.3) is 17.7 Å². The van der Waals surface area contributed by atoms with Crippen molar-refractivity contribution < 1.29 is 105 Å². The summed E-state index contributed by atoms with van der Waals surface area (Å²) in [6, 6.07) is 13.4. The van der Waals surface area contributed by atoms with Crippen molar-refractivity contribution >= 4 is 53.7 Å². The van der Waals surface area contributed by atoms with Crippen LogP contribution in [0.2, 0.25) is 0 Å². The van der Waals surface area contributed by atoms with Crippen molar-refractivity contribution in [3.8, 4) is 0 Å². The molecule has 2 aromatic carbocycles. The highest BCUT2D eigenvalue weighted by Gasteiger charge is 2.35. The van der Waals surface area contributed by atoms with Crippen molar-refractivity contribution in [1.29, 1.82) is 0 Å². The second-order valence-corrected chi connectivity index (χ2v) is 17.3. The van der Waals surface area contributed by atoms with Crippen LogP contribution in [0.15, 0.2) is 53.6 Å². The molecule has 27 nitrogen and oxygen atoms in total. The Morgan fingerprint density at radius 3 is 1.28 bits per heavy atom. The molecule has 0 fully saturated rings. The molecule has 1 heterocycles. The summed E-state index contributed by atoms with van der Waals surface area (Å²) in [6.45, 7) is 4.38. The molecule has 0 bridgehead atoms. The molecular formula is C54H79N5O22. The molecule has 0 unspecified atom stereocenters. The van der Waals surface area contributed by atoms with Gasteiger partial charge in [-0.15, -0.1) is 0 Å². The van der Waals surface area contributed by atoms with Crippen LogP contribution in [-0.4, -0.2) is 244 Å². The van der Waals surface area contributed by atoms with Crippen LogP contribution in [0, 0.1) is 0 Å². The first-order chi connectivity index (χ1) is 39.4. The number of imide groups is 1. The third kappa shape index (κ3) is 30.9. The van der Waals surface area contributed by atoms with Crippen molar-refractivity contribution in [2.24, 2.45) is 5.10 Å². The van der Waals surface area contributed by atoms with E-state index >= 15 is 0 Å². The summed E-state index contributed by atoms with van der Waals surface area (Å²) in [6.07, 6.45) is 1.42. The lowest BCUT2D eigenvalue weighted by Gasteiger charge is -2.34. The SMILES string of the molecule is COC(=O)CCOCC(COCCC(=O)OC)(COCCC(=O)OC)NC(=O)CCOCCOCCOCCOCCNC(=O)c1ccc(/C=N/NC(=O)CCOCCOCCOCCOCCN2C(=O)c3ccccc3C2=O)cc1. The first-order valence-electron chi connectivity index (χ1n) is 26.4. The molecule has 81 heavy (non-hydrogen) atoms. The molecule has 1 aliphatic heterocycles. The van der Waals surface area contributed by atoms with Crippen molar-refractivity contribution in [1.82, 2.24) is 21.0 Å². The first-order valence-corrected chi connectivity index (χ1v) is 26.4. The molecule has 0 radical (unpaired) electrons. The van der Waals surface area contributed by atoms with Crippen LogP contribution in [0.4, 0.5) is 0 Å². The normalized spacial score (nSPS) is 12.2.